The van der Waals surface area contributed by atoms with E-state index in [4.69, 9.17) is 0 Å². The average Bonchev–Trinajstić information content (AvgIpc) is 2.86. The zero-order chi connectivity index (χ0) is 13.2. The number of amides is 1. The SMILES string of the molecule is CCN1CCN(C2CCN(C(=O)C3CNC3)C2)CC1. The van der Waals surface area contributed by atoms with Crippen LogP contribution in [0.3, 0.4) is 0 Å². The molecule has 1 atom stereocenters. The topological polar surface area (TPSA) is 38.8 Å². The molecule has 0 radical (unpaired) electrons. The summed E-state index contributed by atoms with van der Waals surface area (Å²) in [4.78, 5) is 19.4. The van der Waals surface area contributed by atoms with E-state index in [1.54, 1.807) is 0 Å². The summed E-state index contributed by atoms with van der Waals surface area (Å²) < 4.78 is 0. The third-order valence-corrected chi connectivity index (χ3v) is 4.98. The van der Waals surface area contributed by atoms with Crippen LogP contribution in [0.2, 0.25) is 0 Å². The molecule has 1 unspecified atom stereocenters. The van der Waals surface area contributed by atoms with Crippen LogP contribution >= 0.6 is 0 Å². The first-order valence-corrected chi connectivity index (χ1v) is 7.74. The second-order valence-electron chi connectivity index (χ2n) is 6.05. The Morgan fingerprint density at radius 3 is 2.47 bits per heavy atom. The lowest BCUT2D eigenvalue weighted by atomic mass is 10.0. The Hall–Kier alpha value is -0.650. The van der Waals surface area contributed by atoms with Crippen molar-refractivity contribution in [3.8, 4) is 0 Å². The highest BCUT2D eigenvalue weighted by molar-refractivity contribution is 5.80. The first-order chi connectivity index (χ1) is 9.28. The second kappa shape index (κ2) is 5.77. The number of likely N-dealkylation sites (tertiary alicyclic amines) is 1. The zero-order valence-electron chi connectivity index (χ0n) is 12.0. The molecule has 3 aliphatic heterocycles. The maximum absolute atomic E-state index is 12.2. The summed E-state index contributed by atoms with van der Waals surface area (Å²) in [7, 11) is 0. The van der Waals surface area contributed by atoms with Crippen molar-refractivity contribution in [2.45, 2.75) is 19.4 Å². The van der Waals surface area contributed by atoms with Gasteiger partial charge in [0.2, 0.25) is 5.91 Å². The maximum atomic E-state index is 12.2. The minimum atomic E-state index is 0.260. The van der Waals surface area contributed by atoms with Crippen LogP contribution in [-0.2, 0) is 4.79 Å². The van der Waals surface area contributed by atoms with Crippen LogP contribution in [0.5, 0.6) is 0 Å². The van der Waals surface area contributed by atoms with Gasteiger partial charge in [0, 0.05) is 58.4 Å². The van der Waals surface area contributed by atoms with E-state index in [0.717, 1.165) is 39.1 Å². The molecule has 0 saturated carbocycles. The highest BCUT2D eigenvalue weighted by Gasteiger charge is 2.36. The fourth-order valence-electron chi connectivity index (χ4n) is 3.41. The summed E-state index contributed by atoms with van der Waals surface area (Å²) in [5.41, 5.74) is 0. The molecule has 1 N–H and O–H groups in total. The smallest absolute Gasteiger partial charge is 0.228 e. The van der Waals surface area contributed by atoms with Gasteiger partial charge in [0.1, 0.15) is 0 Å². The number of hydrogen-bond acceptors (Lipinski definition) is 4. The third-order valence-electron chi connectivity index (χ3n) is 4.98. The summed E-state index contributed by atoms with van der Waals surface area (Å²) in [6.45, 7) is 11.8. The first-order valence-electron chi connectivity index (χ1n) is 7.74. The van der Waals surface area contributed by atoms with Gasteiger partial charge in [-0.2, -0.15) is 0 Å². The Labute approximate surface area is 115 Å². The van der Waals surface area contributed by atoms with E-state index in [2.05, 4.69) is 26.9 Å². The minimum Gasteiger partial charge on any atom is -0.341 e. The fourth-order valence-corrected chi connectivity index (χ4v) is 3.41. The van der Waals surface area contributed by atoms with Gasteiger partial charge in [0.15, 0.2) is 0 Å². The van der Waals surface area contributed by atoms with Crippen molar-refractivity contribution < 1.29 is 4.79 Å². The summed E-state index contributed by atoms with van der Waals surface area (Å²) >= 11 is 0. The Morgan fingerprint density at radius 1 is 1.16 bits per heavy atom. The number of nitrogens with zero attached hydrogens (tertiary/aromatic N) is 3. The minimum absolute atomic E-state index is 0.260. The third kappa shape index (κ3) is 2.78. The lowest BCUT2D eigenvalue weighted by Gasteiger charge is -2.37. The molecule has 5 heteroatoms. The fraction of sp³-hybridized carbons (Fsp3) is 0.929. The van der Waals surface area contributed by atoms with Gasteiger partial charge in [-0.1, -0.05) is 6.92 Å². The monoisotopic (exact) mass is 266 g/mol. The maximum Gasteiger partial charge on any atom is 0.228 e. The Balaban J connectivity index is 1.47. The molecule has 108 valence electrons. The lowest BCUT2D eigenvalue weighted by Crippen LogP contribution is -2.53. The van der Waals surface area contributed by atoms with Crippen LogP contribution < -0.4 is 5.32 Å². The van der Waals surface area contributed by atoms with Crippen LogP contribution in [0.4, 0.5) is 0 Å². The largest absolute Gasteiger partial charge is 0.341 e. The van der Waals surface area contributed by atoms with Crippen molar-refractivity contribution in [3.05, 3.63) is 0 Å². The van der Waals surface area contributed by atoms with Gasteiger partial charge >= 0.3 is 0 Å². The summed E-state index contributed by atoms with van der Waals surface area (Å²) in [5.74, 6) is 0.643. The summed E-state index contributed by atoms with van der Waals surface area (Å²) in [6.07, 6.45) is 1.16. The van der Waals surface area contributed by atoms with Crippen LogP contribution in [0.25, 0.3) is 0 Å². The molecular weight excluding hydrogens is 240 g/mol. The van der Waals surface area contributed by atoms with Gasteiger partial charge in [0.25, 0.3) is 0 Å². The number of carbonyl (C=O) groups excluding carboxylic acids is 1. The van der Waals surface area contributed by atoms with Crippen molar-refractivity contribution >= 4 is 5.91 Å². The van der Waals surface area contributed by atoms with E-state index < -0.39 is 0 Å². The highest BCUT2D eigenvalue weighted by atomic mass is 16.2. The first kappa shape index (κ1) is 13.3. The van der Waals surface area contributed by atoms with Crippen molar-refractivity contribution in [1.82, 2.24) is 20.0 Å². The van der Waals surface area contributed by atoms with E-state index >= 15 is 0 Å². The molecule has 0 aromatic rings. The molecule has 3 saturated heterocycles. The normalized spacial score (nSPS) is 30.6. The molecule has 5 nitrogen and oxygen atoms in total. The molecule has 0 aromatic carbocycles. The molecule has 1 amide bonds. The second-order valence-corrected chi connectivity index (χ2v) is 6.05. The van der Waals surface area contributed by atoms with Crippen molar-refractivity contribution in [2.24, 2.45) is 5.92 Å². The van der Waals surface area contributed by atoms with Crippen molar-refractivity contribution in [3.63, 3.8) is 0 Å². The Kier molecular flexibility index (Phi) is 4.05. The Bertz CT molecular complexity index is 323. The summed E-state index contributed by atoms with van der Waals surface area (Å²) in [6, 6.07) is 0.607. The number of likely N-dealkylation sites (N-methyl/N-ethyl adjacent to an activating group) is 1. The van der Waals surface area contributed by atoms with E-state index in [-0.39, 0.29) is 5.92 Å². The van der Waals surface area contributed by atoms with Gasteiger partial charge in [0.05, 0.1) is 5.92 Å². The zero-order valence-corrected chi connectivity index (χ0v) is 12.0. The van der Waals surface area contributed by atoms with E-state index in [9.17, 15) is 4.79 Å². The predicted molar refractivity (Wildman–Crippen MR) is 75.0 cm³/mol. The van der Waals surface area contributed by atoms with Gasteiger partial charge in [-0.3, -0.25) is 9.69 Å². The number of carbonyl (C=O) groups is 1. The van der Waals surface area contributed by atoms with Gasteiger partial charge in [-0.15, -0.1) is 0 Å². The molecule has 3 rings (SSSR count). The highest BCUT2D eigenvalue weighted by Crippen LogP contribution is 2.20. The number of hydrogen-bond donors (Lipinski definition) is 1. The van der Waals surface area contributed by atoms with E-state index in [1.807, 2.05) is 0 Å². The van der Waals surface area contributed by atoms with Gasteiger partial charge in [-0.05, 0) is 13.0 Å². The molecule has 0 bridgehead atoms. The van der Waals surface area contributed by atoms with E-state index in [1.165, 1.54) is 26.2 Å². The molecule has 19 heavy (non-hydrogen) atoms. The Morgan fingerprint density at radius 2 is 1.89 bits per heavy atom. The molecule has 0 aliphatic carbocycles. The molecule has 3 aliphatic rings. The van der Waals surface area contributed by atoms with E-state index in [0.29, 0.717) is 11.9 Å². The van der Waals surface area contributed by atoms with Crippen LogP contribution in [0, 0.1) is 5.92 Å². The molecule has 3 fully saturated rings. The molecular formula is C14H26N4O. The standard InChI is InChI=1S/C14H26N4O/c1-2-16-5-7-17(8-6-16)13-3-4-18(11-13)14(19)12-9-15-10-12/h12-13,15H,2-11H2,1H3. The quantitative estimate of drug-likeness (QED) is 0.743. The van der Waals surface area contributed by atoms with Gasteiger partial charge < -0.3 is 15.1 Å². The van der Waals surface area contributed by atoms with Crippen LogP contribution in [0.15, 0.2) is 0 Å². The number of nitrogens with one attached hydrogen (secondary N) is 1. The predicted octanol–water partition coefficient (Wildman–Crippen LogP) is -0.556. The van der Waals surface area contributed by atoms with Crippen LogP contribution in [-0.4, -0.2) is 85.6 Å². The summed E-state index contributed by atoms with van der Waals surface area (Å²) in [5, 5.41) is 3.19. The van der Waals surface area contributed by atoms with Gasteiger partial charge in [-0.25, -0.2) is 0 Å². The van der Waals surface area contributed by atoms with Crippen molar-refractivity contribution in [2.75, 3.05) is 58.9 Å². The average molecular weight is 266 g/mol. The number of rotatable bonds is 3. The van der Waals surface area contributed by atoms with Crippen molar-refractivity contribution in [1.29, 1.82) is 0 Å². The molecule has 0 aromatic heterocycles. The molecule has 3 heterocycles. The molecule has 0 spiro atoms. The lowest BCUT2D eigenvalue weighted by molar-refractivity contribution is -0.136. The van der Waals surface area contributed by atoms with Crippen LogP contribution in [0.1, 0.15) is 13.3 Å². The number of piperazine rings is 1.